The van der Waals surface area contributed by atoms with E-state index in [9.17, 15) is 8.42 Å². The van der Waals surface area contributed by atoms with Crippen molar-refractivity contribution in [1.82, 2.24) is 0 Å². The van der Waals surface area contributed by atoms with Gasteiger partial charge in [0.2, 0.25) is 0 Å². The van der Waals surface area contributed by atoms with E-state index in [4.69, 9.17) is 9.29 Å². The lowest BCUT2D eigenvalue weighted by Crippen LogP contribution is -1.98. The van der Waals surface area contributed by atoms with Gasteiger partial charge in [-0.2, -0.15) is 8.42 Å². The highest BCUT2D eigenvalue weighted by Gasteiger charge is 2.12. The number of para-hydroxylation sites is 1. The Bertz CT molecular complexity index is 651. The monoisotopic (exact) mass is 282 g/mol. The van der Waals surface area contributed by atoms with Gasteiger partial charge in [-0.25, -0.2) is 0 Å². The first-order valence-electron chi connectivity index (χ1n) is 5.00. The molecule has 0 aliphatic rings. The molecule has 0 aliphatic carbocycles. The van der Waals surface area contributed by atoms with Crippen LogP contribution in [0.5, 0.6) is 11.5 Å². The van der Waals surface area contributed by atoms with Gasteiger partial charge in [-0.15, -0.1) is 12.6 Å². The van der Waals surface area contributed by atoms with Gasteiger partial charge in [0.25, 0.3) is 10.1 Å². The molecule has 0 aromatic heterocycles. The molecule has 4 nitrogen and oxygen atoms in total. The second-order valence-electron chi connectivity index (χ2n) is 3.52. The normalized spacial score (nSPS) is 11.2. The predicted octanol–water partition coefficient (Wildman–Crippen LogP) is 3.01. The van der Waals surface area contributed by atoms with Crippen LogP contribution in [0, 0.1) is 0 Å². The van der Waals surface area contributed by atoms with Crippen molar-refractivity contribution in [2.45, 2.75) is 9.79 Å². The Morgan fingerprint density at radius 2 is 1.72 bits per heavy atom. The molecule has 0 spiro atoms. The van der Waals surface area contributed by atoms with E-state index in [1.54, 1.807) is 24.3 Å². The molecule has 2 rings (SSSR count). The third-order valence-electron chi connectivity index (χ3n) is 2.20. The molecular weight excluding hydrogens is 272 g/mol. The summed E-state index contributed by atoms with van der Waals surface area (Å²) in [5, 5.41) is 0. The summed E-state index contributed by atoms with van der Waals surface area (Å²) < 4.78 is 36.5. The molecule has 2 aromatic rings. The summed E-state index contributed by atoms with van der Waals surface area (Å²) in [6.07, 6.45) is 0. The van der Waals surface area contributed by atoms with E-state index in [1.165, 1.54) is 18.2 Å². The molecule has 0 atom stereocenters. The van der Waals surface area contributed by atoms with E-state index < -0.39 is 10.1 Å². The molecule has 0 bridgehead atoms. The van der Waals surface area contributed by atoms with Crippen molar-refractivity contribution < 1.29 is 17.7 Å². The van der Waals surface area contributed by atoms with Crippen molar-refractivity contribution in [2.24, 2.45) is 0 Å². The van der Waals surface area contributed by atoms with Crippen LogP contribution >= 0.6 is 12.6 Å². The van der Waals surface area contributed by atoms with Crippen molar-refractivity contribution >= 4 is 22.7 Å². The molecule has 0 saturated carbocycles. The summed E-state index contributed by atoms with van der Waals surface area (Å²) in [5.74, 6) is 0.819. The van der Waals surface area contributed by atoms with Crippen LogP contribution in [-0.2, 0) is 10.1 Å². The molecule has 2 aromatic carbocycles. The summed E-state index contributed by atoms with van der Waals surface area (Å²) in [6, 6.07) is 12.8. The standard InChI is InChI=1S/C12H10O4S2/c13-18(14,15)10-6-7-12(17)11(8-10)16-9-4-2-1-3-5-9/h1-8,17H,(H,13,14,15). The van der Waals surface area contributed by atoms with Crippen LogP contribution < -0.4 is 4.74 Å². The average molecular weight is 282 g/mol. The predicted molar refractivity (Wildman–Crippen MR) is 70.0 cm³/mol. The lowest BCUT2D eigenvalue weighted by Gasteiger charge is -2.09. The maximum absolute atomic E-state index is 11.0. The summed E-state index contributed by atoms with van der Waals surface area (Å²) in [5.41, 5.74) is 0. The molecule has 0 heterocycles. The molecular formula is C12H10O4S2. The minimum absolute atomic E-state index is 0.230. The molecule has 0 amide bonds. The Balaban J connectivity index is 2.39. The van der Waals surface area contributed by atoms with Crippen LogP contribution in [0.25, 0.3) is 0 Å². The van der Waals surface area contributed by atoms with Gasteiger partial charge in [-0.1, -0.05) is 18.2 Å². The molecule has 94 valence electrons. The molecule has 0 aliphatic heterocycles. The summed E-state index contributed by atoms with van der Waals surface area (Å²) in [4.78, 5) is 0.248. The maximum Gasteiger partial charge on any atom is 0.294 e. The maximum atomic E-state index is 11.0. The van der Waals surface area contributed by atoms with Gasteiger partial charge in [0.15, 0.2) is 0 Å². The van der Waals surface area contributed by atoms with Crippen LogP contribution in [0.2, 0.25) is 0 Å². The fraction of sp³-hybridized carbons (Fsp3) is 0. The van der Waals surface area contributed by atoms with Crippen LogP contribution in [-0.4, -0.2) is 13.0 Å². The summed E-state index contributed by atoms with van der Waals surface area (Å²) in [7, 11) is -4.25. The number of rotatable bonds is 3. The molecule has 0 radical (unpaired) electrons. The molecule has 0 saturated heterocycles. The van der Waals surface area contributed by atoms with Gasteiger partial charge in [0.05, 0.1) is 4.90 Å². The highest BCUT2D eigenvalue weighted by molar-refractivity contribution is 7.85. The average Bonchev–Trinajstić information content (AvgIpc) is 2.32. The smallest absolute Gasteiger partial charge is 0.294 e. The van der Waals surface area contributed by atoms with E-state index in [-0.39, 0.29) is 10.6 Å². The molecule has 0 unspecified atom stereocenters. The van der Waals surface area contributed by atoms with Gasteiger partial charge >= 0.3 is 0 Å². The van der Waals surface area contributed by atoms with Crippen molar-refractivity contribution in [1.29, 1.82) is 0 Å². The second kappa shape index (κ2) is 5.01. The van der Waals surface area contributed by atoms with Gasteiger partial charge in [0, 0.05) is 11.0 Å². The quantitative estimate of drug-likeness (QED) is 0.671. The Hall–Kier alpha value is -1.50. The van der Waals surface area contributed by atoms with Gasteiger partial charge < -0.3 is 4.74 Å². The van der Waals surface area contributed by atoms with Crippen molar-refractivity contribution in [3.8, 4) is 11.5 Å². The minimum atomic E-state index is -4.25. The molecule has 6 heteroatoms. The highest BCUT2D eigenvalue weighted by Crippen LogP contribution is 2.30. The largest absolute Gasteiger partial charge is 0.456 e. The minimum Gasteiger partial charge on any atom is -0.456 e. The topological polar surface area (TPSA) is 63.6 Å². The zero-order valence-corrected chi connectivity index (χ0v) is 10.9. The lowest BCUT2D eigenvalue weighted by atomic mass is 10.3. The number of hydrogen-bond acceptors (Lipinski definition) is 4. The third kappa shape index (κ3) is 3.04. The SMILES string of the molecule is O=S(=O)(O)c1ccc(S)c(Oc2ccccc2)c1. The van der Waals surface area contributed by atoms with E-state index in [1.807, 2.05) is 6.07 Å². The van der Waals surface area contributed by atoms with Crippen molar-refractivity contribution in [2.75, 3.05) is 0 Å². The van der Waals surface area contributed by atoms with E-state index in [2.05, 4.69) is 12.6 Å². The van der Waals surface area contributed by atoms with Crippen molar-refractivity contribution in [3.63, 3.8) is 0 Å². The van der Waals surface area contributed by atoms with Crippen LogP contribution in [0.4, 0.5) is 0 Å². The summed E-state index contributed by atoms with van der Waals surface area (Å²) in [6.45, 7) is 0. The number of benzene rings is 2. The highest BCUT2D eigenvalue weighted by atomic mass is 32.2. The lowest BCUT2D eigenvalue weighted by molar-refractivity contribution is 0.463. The Labute approximate surface area is 110 Å². The summed E-state index contributed by atoms with van der Waals surface area (Å²) >= 11 is 4.17. The number of hydrogen-bond donors (Lipinski definition) is 2. The molecule has 18 heavy (non-hydrogen) atoms. The van der Waals surface area contributed by atoms with Crippen molar-refractivity contribution in [3.05, 3.63) is 48.5 Å². The van der Waals surface area contributed by atoms with E-state index in [0.717, 1.165) is 0 Å². The van der Waals surface area contributed by atoms with Crippen LogP contribution in [0.15, 0.2) is 58.3 Å². The third-order valence-corrected chi connectivity index (χ3v) is 3.42. The Kier molecular flexibility index (Phi) is 3.60. The fourth-order valence-corrected chi connectivity index (χ4v) is 2.03. The molecule has 0 fully saturated rings. The number of ether oxygens (including phenoxy) is 1. The first-order valence-corrected chi connectivity index (χ1v) is 6.89. The van der Waals surface area contributed by atoms with Gasteiger partial charge in [-0.3, -0.25) is 4.55 Å². The number of thiol groups is 1. The Morgan fingerprint density at radius 1 is 1.06 bits per heavy atom. The van der Waals surface area contributed by atoms with Crippen LogP contribution in [0.3, 0.4) is 0 Å². The van der Waals surface area contributed by atoms with E-state index >= 15 is 0 Å². The zero-order chi connectivity index (χ0) is 13.2. The first-order chi connectivity index (χ1) is 8.47. The van der Waals surface area contributed by atoms with Crippen LogP contribution in [0.1, 0.15) is 0 Å². The van der Waals surface area contributed by atoms with Gasteiger partial charge in [0.1, 0.15) is 11.5 Å². The van der Waals surface area contributed by atoms with Gasteiger partial charge in [-0.05, 0) is 24.3 Å². The Morgan fingerprint density at radius 3 is 2.33 bits per heavy atom. The molecule has 1 N–H and O–H groups in total. The fourth-order valence-electron chi connectivity index (χ4n) is 1.35. The second-order valence-corrected chi connectivity index (χ2v) is 5.42. The zero-order valence-electron chi connectivity index (χ0n) is 9.15. The van der Waals surface area contributed by atoms with E-state index in [0.29, 0.717) is 10.6 Å². The first kappa shape index (κ1) is 12.9.